The van der Waals surface area contributed by atoms with Crippen LogP contribution < -0.4 is 11.1 Å². The zero-order chi connectivity index (χ0) is 21.1. The monoisotopic (exact) mass is 419 g/mol. The highest BCUT2D eigenvalue weighted by molar-refractivity contribution is 7.13. The predicted octanol–water partition coefficient (Wildman–Crippen LogP) is 3.59. The van der Waals surface area contributed by atoms with Gasteiger partial charge in [-0.3, -0.25) is 4.79 Å². The topological polar surface area (TPSA) is 123 Å². The van der Waals surface area contributed by atoms with E-state index in [0.717, 1.165) is 16.0 Å². The van der Waals surface area contributed by atoms with Crippen molar-refractivity contribution in [1.82, 2.24) is 15.0 Å². The van der Waals surface area contributed by atoms with Crippen molar-refractivity contribution in [3.05, 3.63) is 83.0 Å². The number of hydrogen-bond acceptors (Lipinski definition) is 6. The lowest BCUT2D eigenvalue weighted by atomic mass is 10.1. The van der Waals surface area contributed by atoms with E-state index in [4.69, 9.17) is 10.8 Å². The van der Waals surface area contributed by atoms with Crippen molar-refractivity contribution < 1.29 is 14.7 Å². The van der Waals surface area contributed by atoms with Crippen molar-refractivity contribution in [3.63, 3.8) is 0 Å². The summed E-state index contributed by atoms with van der Waals surface area (Å²) in [4.78, 5) is 24.8. The molecule has 0 atom stereocenters. The summed E-state index contributed by atoms with van der Waals surface area (Å²) in [6.07, 6.45) is 1.50. The number of amides is 1. The first-order valence-corrected chi connectivity index (χ1v) is 9.85. The number of nitrogens with one attached hydrogen (secondary N) is 1. The van der Waals surface area contributed by atoms with Gasteiger partial charge in [0.15, 0.2) is 5.69 Å². The Morgan fingerprint density at radius 3 is 2.77 bits per heavy atom. The van der Waals surface area contributed by atoms with Crippen LogP contribution in [0.4, 0.5) is 11.4 Å². The third kappa shape index (κ3) is 4.20. The van der Waals surface area contributed by atoms with Crippen LogP contribution in [0.2, 0.25) is 0 Å². The molecule has 4 rings (SSSR count). The lowest BCUT2D eigenvalue weighted by Gasteiger charge is -2.08. The number of carbonyl (C=O) groups is 2. The number of carbonyl (C=O) groups excluding carboxylic acids is 1. The van der Waals surface area contributed by atoms with Gasteiger partial charge in [0.1, 0.15) is 0 Å². The van der Waals surface area contributed by atoms with Crippen molar-refractivity contribution >= 4 is 34.6 Å². The number of nitrogens with two attached hydrogens (primary N) is 1. The molecule has 150 valence electrons. The fourth-order valence-electron chi connectivity index (χ4n) is 2.92. The van der Waals surface area contributed by atoms with Gasteiger partial charge in [0.05, 0.1) is 29.7 Å². The molecule has 2 heterocycles. The van der Waals surface area contributed by atoms with Gasteiger partial charge in [-0.1, -0.05) is 29.5 Å². The maximum atomic E-state index is 12.6. The van der Waals surface area contributed by atoms with Crippen molar-refractivity contribution in [3.8, 4) is 10.4 Å². The molecule has 8 nitrogen and oxygen atoms in total. The lowest BCUT2D eigenvalue weighted by Crippen LogP contribution is -2.13. The predicted molar refractivity (Wildman–Crippen MR) is 115 cm³/mol. The van der Waals surface area contributed by atoms with Crippen LogP contribution in [0, 0.1) is 0 Å². The molecule has 4 aromatic rings. The van der Waals surface area contributed by atoms with Crippen molar-refractivity contribution in [2.24, 2.45) is 0 Å². The van der Waals surface area contributed by atoms with E-state index in [1.54, 1.807) is 35.6 Å². The molecule has 4 N–H and O–H groups in total. The molecule has 0 radical (unpaired) electrons. The SMILES string of the molecule is Nc1ccc(-c2cccs2)cc1NC(=O)c1cn(Cc2cccc(C(=O)O)c2)nn1. The van der Waals surface area contributed by atoms with Crippen molar-refractivity contribution in [1.29, 1.82) is 0 Å². The first-order valence-electron chi connectivity index (χ1n) is 8.97. The van der Waals surface area contributed by atoms with Crippen LogP contribution in [0.1, 0.15) is 26.4 Å². The number of aromatic nitrogens is 3. The van der Waals surface area contributed by atoms with Crippen molar-refractivity contribution in [2.45, 2.75) is 6.54 Å². The van der Waals surface area contributed by atoms with E-state index in [0.29, 0.717) is 11.4 Å². The van der Waals surface area contributed by atoms with Gasteiger partial charge in [-0.25, -0.2) is 9.48 Å². The summed E-state index contributed by atoms with van der Waals surface area (Å²) in [5.41, 5.74) is 8.96. The van der Waals surface area contributed by atoms with Crippen LogP contribution in [0.15, 0.2) is 66.2 Å². The molecule has 30 heavy (non-hydrogen) atoms. The van der Waals surface area contributed by atoms with E-state index in [2.05, 4.69) is 15.6 Å². The van der Waals surface area contributed by atoms with E-state index >= 15 is 0 Å². The standard InChI is InChI=1S/C21H17N5O3S/c22-16-7-6-14(19-5-2-8-30-19)10-17(16)23-20(27)18-12-26(25-24-18)11-13-3-1-4-15(9-13)21(28)29/h1-10,12H,11,22H2,(H,23,27)(H,28,29). The van der Waals surface area contributed by atoms with E-state index in [1.807, 2.05) is 29.6 Å². The van der Waals surface area contributed by atoms with Crippen LogP contribution in [0.3, 0.4) is 0 Å². The van der Waals surface area contributed by atoms with Gasteiger partial charge >= 0.3 is 5.97 Å². The Kier molecular flexibility index (Phi) is 5.27. The smallest absolute Gasteiger partial charge is 0.335 e. The number of nitrogen functional groups attached to an aromatic ring is 1. The molecule has 0 bridgehead atoms. The van der Waals surface area contributed by atoms with Gasteiger partial charge < -0.3 is 16.2 Å². The quantitative estimate of drug-likeness (QED) is 0.411. The van der Waals surface area contributed by atoms with Crippen molar-refractivity contribution in [2.75, 3.05) is 11.1 Å². The summed E-state index contributed by atoms with van der Waals surface area (Å²) >= 11 is 1.60. The average molecular weight is 419 g/mol. The minimum atomic E-state index is -1.00. The second kappa shape index (κ2) is 8.18. The highest BCUT2D eigenvalue weighted by Gasteiger charge is 2.14. The number of carboxylic acid groups (broad SMARTS) is 1. The Morgan fingerprint density at radius 1 is 1.13 bits per heavy atom. The third-order valence-electron chi connectivity index (χ3n) is 4.40. The number of rotatable bonds is 6. The minimum Gasteiger partial charge on any atom is -0.478 e. The molecule has 1 amide bonds. The first kappa shape index (κ1) is 19.3. The maximum Gasteiger partial charge on any atom is 0.335 e. The van der Waals surface area contributed by atoms with E-state index < -0.39 is 11.9 Å². The van der Waals surface area contributed by atoms with Gasteiger partial charge in [-0.15, -0.1) is 16.4 Å². The Labute approximate surface area is 175 Å². The lowest BCUT2D eigenvalue weighted by molar-refractivity contribution is 0.0696. The van der Waals surface area contributed by atoms with E-state index in [9.17, 15) is 9.59 Å². The fourth-order valence-corrected chi connectivity index (χ4v) is 3.64. The number of carboxylic acids is 1. The van der Waals surface area contributed by atoms with Crippen LogP contribution in [0.25, 0.3) is 10.4 Å². The van der Waals surface area contributed by atoms with Gasteiger partial charge in [-0.05, 0) is 46.8 Å². The van der Waals surface area contributed by atoms with Gasteiger partial charge in [0.25, 0.3) is 5.91 Å². The number of aromatic carboxylic acids is 1. The molecule has 2 aromatic heterocycles. The Hall–Kier alpha value is -3.98. The summed E-state index contributed by atoms with van der Waals surface area (Å²) in [5.74, 6) is -1.44. The average Bonchev–Trinajstić information content (AvgIpc) is 3.42. The molecule has 2 aromatic carbocycles. The molecule has 9 heteroatoms. The Bertz CT molecular complexity index is 1220. The molecule has 0 saturated heterocycles. The maximum absolute atomic E-state index is 12.6. The Balaban J connectivity index is 1.49. The molecule has 0 aliphatic heterocycles. The second-order valence-corrected chi connectivity index (χ2v) is 7.49. The third-order valence-corrected chi connectivity index (χ3v) is 5.32. The molecule has 0 unspecified atom stereocenters. The molecular formula is C21H17N5O3S. The number of anilines is 2. The number of benzene rings is 2. The normalized spacial score (nSPS) is 10.7. The van der Waals surface area contributed by atoms with Crippen LogP contribution in [0.5, 0.6) is 0 Å². The minimum absolute atomic E-state index is 0.130. The molecular weight excluding hydrogens is 402 g/mol. The molecule has 0 spiro atoms. The van der Waals surface area contributed by atoms with Gasteiger partial charge in [0.2, 0.25) is 0 Å². The first-order chi connectivity index (χ1) is 14.5. The molecule has 0 fully saturated rings. The van der Waals surface area contributed by atoms with E-state index in [-0.39, 0.29) is 17.8 Å². The summed E-state index contributed by atoms with van der Waals surface area (Å²) in [5, 5.41) is 21.7. The molecule has 0 aliphatic rings. The largest absolute Gasteiger partial charge is 0.478 e. The van der Waals surface area contributed by atoms with Gasteiger partial charge in [-0.2, -0.15) is 0 Å². The van der Waals surface area contributed by atoms with E-state index in [1.165, 1.54) is 16.9 Å². The van der Waals surface area contributed by atoms with Crippen LogP contribution in [-0.2, 0) is 6.54 Å². The number of thiophene rings is 1. The zero-order valence-electron chi connectivity index (χ0n) is 15.6. The highest BCUT2D eigenvalue weighted by Crippen LogP contribution is 2.30. The summed E-state index contributed by atoms with van der Waals surface area (Å²) in [6.45, 7) is 0.289. The summed E-state index contributed by atoms with van der Waals surface area (Å²) in [7, 11) is 0. The van der Waals surface area contributed by atoms with Gasteiger partial charge in [0, 0.05) is 4.88 Å². The number of nitrogens with zero attached hydrogens (tertiary/aromatic N) is 3. The summed E-state index contributed by atoms with van der Waals surface area (Å²) < 4.78 is 1.47. The summed E-state index contributed by atoms with van der Waals surface area (Å²) in [6, 6.07) is 15.9. The highest BCUT2D eigenvalue weighted by atomic mass is 32.1. The van der Waals surface area contributed by atoms with Crippen LogP contribution in [-0.4, -0.2) is 32.0 Å². The Morgan fingerprint density at radius 2 is 2.00 bits per heavy atom. The fraction of sp³-hybridized carbons (Fsp3) is 0.0476. The molecule has 0 aliphatic carbocycles. The molecule has 0 saturated carbocycles. The van der Waals surface area contributed by atoms with Crippen LogP contribution >= 0.6 is 11.3 Å². The number of hydrogen-bond donors (Lipinski definition) is 3. The second-order valence-electron chi connectivity index (χ2n) is 6.54. The zero-order valence-corrected chi connectivity index (χ0v) is 16.5.